The summed E-state index contributed by atoms with van der Waals surface area (Å²) in [6.07, 6.45) is 2.09. The number of rotatable bonds is 5. The zero-order chi connectivity index (χ0) is 15.7. The Balaban J connectivity index is 1.96. The van der Waals surface area contributed by atoms with Crippen molar-refractivity contribution in [1.29, 1.82) is 0 Å². The molecule has 1 amide bonds. The molecule has 1 fully saturated rings. The third-order valence-electron chi connectivity index (χ3n) is 4.58. The lowest BCUT2D eigenvalue weighted by molar-refractivity contribution is -0.138. The second-order valence-corrected chi connectivity index (χ2v) is 5.90. The van der Waals surface area contributed by atoms with Gasteiger partial charge in [0.1, 0.15) is 11.4 Å². The van der Waals surface area contributed by atoms with Gasteiger partial charge >= 0.3 is 0 Å². The number of methoxy groups -OCH3 is 2. The number of fused-ring (bicyclic) bond motifs is 1. The lowest BCUT2D eigenvalue weighted by atomic mass is 9.98. The maximum Gasteiger partial charge on any atom is 0.256 e. The minimum absolute atomic E-state index is 0.0900. The molecule has 2 aromatic rings. The molecule has 1 N–H and O–H groups in total. The van der Waals surface area contributed by atoms with E-state index < -0.39 is 5.60 Å². The molecule has 0 radical (unpaired) electrons. The van der Waals surface area contributed by atoms with Gasteiger partial charge in [0, 0.05) is 23.6 Å². The first-order chi connectivity index (χ1) is 10.6. The Morgan fingerprint density at radius 3 is 2.41 bits per heavy atom. The van der Waals surface area contributed by atoms with Crippen LogP contribution in [0.2, 0.25) is 0 Å². The van der Waals surface area contributed by atoms with Gasteiger partial charge in [-0.05, 0) is 37.8 Å². The fraction of sp³-hybridized carbons (Fsp3) is 0.389. The van der Waals surface area contributed by atoms with Gasteiger partial charge in [0.15, 0.2) is 0 Å². The van der Waals surface area contributed by atoms with Gasteiger partial charge in [-0.25, -0.2) is 0 Å². The second-order valence-electron chi connectivity index (χ2n) is 5.90. The van der Waals surface area contributed by atoms with E-state index in [0.717, 1.165) is 35.1 Å². The predicted octanol–water partition coefficient (Wildman–Crippen LogP) is 3.60. The van der Waals surface area contributed by atoms with Gasteiger partial charge in [-0.15, -0.1) is 0 Å². The number of benzene rings is 2. The van der Waals surface area contributed by atoms with E-state index in [-0.39, 0.29) is 5.91 Å². The van der Waals surface area contributed by atoms with Crippen LogP contribution in [0.25, 0.3) is 10.8 Å². The molecule has 3 rings (SSSR count). The van der Waals surface area contributed by atoms with Crippen LogP contribution in [-0.2, 0) is 9.53 Å². The van der Waals surface area contributed by atoms with E-state index in [1.54, 1.807) is 14.2 Å². The van der Waals surface area contributed by atoms with Gasteiger partial charge in [-0.1, -0.05) is 24.3 Å². The van der Waals surface area contributed by atoms with Crippen molar-refractivity contribution < 1.29 is 14.3 Å². The number of hydrogen-bond donors (Lipinski definition) is 1. The highest BCUT2D eigenvalue weighted by Gasteiger charge is 2.47. The van der Waals surface area contributed by atoms with Gasteiger partial charge in [-0.3, -0.25) is 4.79 Å². The molecular weight excluding hydrogens is 278 g/mol. The number of hydrogen-bond acceptors (Lipinski definition) is 3. The van der Waals surface area contributed by atoms with Gasteiger partial charge in [0.2, 0.25) is 0 Å². The van der Waals surface area contributed by atoms with Gasteiger partial charge in [0.25, 0.3) is 5.91 Å². The monoisotopic (exact) mass is 299 g/mol. The molecule has 1 atom stereocenters. The van der Waals surface area contributed by atoms with Gasteiger partial charge in [-0.2, -0.15) is 0 Å². The minimum Gasteiger partial charge on any atom is -0.496 e. The van der Waals surface area contributed by atoms with E-state index in [0.29, 0.717) is 5.92 Å². The van der Waals surface area contributed by atoms with E-state index >= 15 is 0 Å². The van der Waals surface area contributed by atoms with Gasteiger partial charge < -0.3 is 14.8 Å². The summed E-state index contributed by atoms with van der Waals surface area (Å²) in [5.41, 5.74) is 0.0198. The van der Waals surface area contributed by atoms with Crippen LogP contribution < -0.4 is 10.1 Å². The average Bonchev–Trinajstić information content (AvgIpc) is 3.39. The first-order valence-corrected chi connectivity index (χ1v) is 7.52. The summed E-state index contributed by atoms with van der Waals surface area (Å²) < 4.78 is 10.9. The number of amides is 1. The first kappa shape index (κ1) is 14.9. The lowest BCUT2D eigenvalue weighted by Gasteiger charge is -2.27. The number of carbonyl (C=O) groups is 1. The highest BCUT2D eigenvalue weighted by molar-refractivity contribution is 6.06. The molecule has 0 aromatic heterocycles. The van der Waals surface area contributed by atoms with E-state index in [4.69, 9.17) is 9.47 Å². The largest absolute Gasteiger partial charge is 0.496 e. The van der Waals surface area contributed by atoms with Crippen LogP contribution in [0.5, 0.6) is 5.75 Å². The standard InChI is InChI=1S/C18H21NO3/c1-18(22-3,12-8-9-12)17(20)19-15-10-11-16(21-2)14-7-5-4-6-13(14)15/h4-7,10-12H,8-9H2,1-3H3,(H,19,20)/t18-/m1/s1. The second kappa shape index (κ2) is 5.61. The Bertz CT molecular complexity index is 709. The lowest BCUT2D eigenvalue weighted by Crippen LogP contribution is -2.44. The van der Waals surface area contributed by atoms with Crippen LogP contribution in [0.3, 0.4) is 0 Å². The molecule has 4 nitrogen and oxygen atoms in total. The number of carbonyl (C=O) groups excluding carboxylic acids is 1. The first-order valence-electron chi connectivity index (χ1n) is 7.52. The van der Waals surface area contributed by atoms with E-state index in [9.17, 15) is 4.79 Å². The van der Waals surface area contributed by atoms with E-state index in [1.807, 2.05) is 43.3 Å². The molecule has 2 aromatic carbocycles. The maximum atomic E-state index is 12.7. The Kier molecular flexibility index (Phi) is 3.79. The minimum atomic E-state index is -0.763. The summed E-state index contributed by atoms with van der Waals surface area (Å²) in [7, 11) is 3.25. The highest BCUT2D eigenvalue weighted by atomic mass is 16.5. The fourth-order valence-electron chi connectivity index (χ4n) is 2.88. The van der Waals surface area contributed by atoms with Crippen molar-refractivity contribution in [2.75, 3.05) is 19.5 Å². The van der Waals surface area contributed by atoms with Crippen LogP contribution in [-0.4, -0.2) is 25.7 Å². The Hall–Kier alpha value is -2.07. The number of ether oxygens (including phenoxy) is 2. The SMILES string of the molecule is COc1ccc(NC(=O)[C@](C)(OC)C2CC2)c2ccccc12. The Morgan fingerprint density at radius 1 is 1.14 bits per heavy atom. The molecule has 0 bridgehead atoms. The Morgan fingerprint density at radius 2 is 1.82 bits per heavy atom. The summed E-state index contributed by atoms with van der Waals surface area (Å²) in [5.74, 6) is 1.01. The molecule has 116 valence electrons. The molecule has 1 aliphatic rings. The zero-order valence-electron chi connectivity index (χ0n) is 13.2. The van der Waals surface area contributed by atoms with Crippen LogP contribution in [0.4, 0.5) is 5.69 Å². The molecule has 22 heavy (non-hydrogen) atoms. The summed E-state index contributed by atoms with van der Waals surface area (Å²) in [5, 5.41) is 4.97. The topological polar surface area (TPSA) is 47.6 Å². The van der Waals surface area contributed by atoms with Crippen molar-refractivity contribution in [2.24, 2.45) is 5.92 Å². The molecule has 0 aliphatic heterocycles. The molecular formula is C18H21NO3. The van der Waals surface area contributed by atoms with Crippen LogP contribution >= 0.6 is 0 Å². The number of anilines is 1. The van der Waals surface area contributed by atoms with Crippen LogP contribution in [0, 0.1) is 5.92 Å². The molecule has 4 heteroatoms. The quantitative estimate of drug-likeness (QED) is 0.917. The highest BCUT2D eigenvalue weighted by Crippen LogP contribution is 2.42. The molecule has 0 spiro atoms. The summed E-state index contributed by atoms with van der Waals surface area (Å²) in [4.78, 5) is 12.7. The average molecular weight is 299 g/mol. The molecule has 1 saturated carbocycles. The summed E-state index contributed by atoms with van der Waals surface area (Å²) in [6, 6.07) is 11.6. The zero-order valence-corrected chi connectivity index (χ0v) is 13.2. The summed E-state index contributed by atoms with van der Waals surface area (Å²) >= 11 is 0. The molecule has 1 aliphatic carbocycles. The smallest absolute Gasteiger partial charge is 0.256 e. The third-order valence-corrected chi connectivity index (χ3v) is 4.58. The fourth-order valence-corrected chi connectivity index (χ4v) is 2.88. The van der Waals surface area contributed by atoms with Gasteiger partial charge in [0.05, 0.1) is 7.11 Å². The number of nitrogens with one attached hydrogen (secondary N) is 1. The van der Waals surface area contributed by atoms with Crippen molar-refractivity contribution in [3.05, 3.63) is 36.4 Å². The van der Waals surface area contributed by atoms with E-state index in [2.05, 4.69) is 5.32 Å². The molecule has 0 unspecified atom stereocenters. The molecule has 0 saturated heterocycles. The normalized spacial score (nSPS) is 17.0. The summed E-state index contributed by atoms with van der Waals surface area (Å²) in [6.45, 7) is 1.87. The van der Waals surface area contributed by atoms with Crippen molar-refractivity contribution in [3.63, 3.8) is 0 Å². The van der Waals surface area contributed by atoms with E-state index in [1.165, 1.54) is 0 Å². The predicted molar refractivity (Wildman–Crippen MR) is 87.3 cm³/mol. The van der Waals surface area contributed by atoms with Crippen molar-refractivity contribution >= 4 is 22.4 Å². The van der Waals surface area contributed by atoms with Crippen LogP contribution in [0.1, 0.15) is 19.8 Å². The third kappa shape index (κ3) is 2.44. The van der Waals surface area contributed by atoms with Crippen molar-refractivity contribution in [1.82, 2.24) is 0 Å². The Labute approximate surface area is 130 Å². The van der Waals surface area contributed by atoms with Crippen LogP contribution in [0.15, 0.2) is 36.4 Å². The molecule has 0 heterocycles. The maximum absolute atomic E-state index is 12.7. The van der Waals surface area contributed by atoms with Crippen molar-refractivity contribution in [3.8, 4) is 5.75 Å². The van der Waals surface area contributed by atoms with Crippen molar-refractivity contribution in [2.45, 2.75) is 25.4 Å².